The van der Waals surface area contributed by atoms with Crippen LogP contribution in [0.1, 0.15) is 64.1 Å². The molecule has 0 spiro atoms. The summed E-state index contributed by atoms with van der Waals surface area (Å²) >= 11 is 0. The van der Waals surface area contributed by atoms with Crippen LogP contribution < -0.4 is 5.32 Å². The molecule has 2 heterocycles. The van der Waals surface area contributed by atoms with E-state index in [1.165, 1.54) is 47.1 Å². The third kappa shape index (κ3) is 2.71. The Balaban J connectivity index is 2.05. The number of rotatable bonds is 4. The number of hydrogen-bond acceptors (Lipinski definition) is 2. The Hall–Kier alpha value is -1.57. The molecule has 0 radical (unpaired) electrons. The van der Waals surface area contributed by atoms with Crippen LogP contribution >= 0.6 is 0 Å². The van der Waals surface area contributed by atoms with Gasteiger partial charge in [0.15, 0.2) is 0 Å². The summed E-state index contributed by atoms with van der Waals surface area (Å²) in [5, 5.41) is 5.07. The second-order valence-electron chi connectivity index (χ2n) is 6.89. The second-order valence-corrected chi connectivity index (χ2v) is 6.89. The minimum Gasteiger partial charge on any atom is -0.380 e. The minimum absolute atomic E-state index is 0.522. The van der Waals surface area contributed by atoms with Crippen molar-refractivity contribution in [3.05, 3.63) is 35.5 Å². The van der Waals surface area contributed by atoms with Gasteiger partial charge < -0.3 is 5.32 Å². The molecule has 0 amide bonds. The maximum absolute atomic E-state index is 5.02. The third-order valence-electron chi connectivity index (χ3n) is 5.47. The first-order chi connectivity index (χ1) is 10.6. The standard InChI is InChI=1S/C20H28N2/c1-5-13(3)17-11-9-15-7-8-16-10-12-18(14(4)6-2)22-20(16)19(15)21-17/h7-9,11,13-14,18,22H,5-6,10,12H2,1-4H3/t13?,14?,18-/m0/s1. The number of aryl methyl sites for hydroxylation is 1. The van der Waals surface area contributed by atoms with E-state index in [0.717, 1.165) is 6.42 Å². The Kier molecular flexibility index (Phi) is 4.37. The van der Waals surface area contributed by atoms with Gasteiger partial charge in [0.1, 0.15) is 0 Å². The molecule has 1 N–H and O–H groups in total. The summed E-state index contributed by atoms with van der Waals surface area (Å²) < 4.78 is 0. The summed E-state index contributed by atoms with van der Waals surface area (Å²) in [6, 6.07) is 9.52. The molecule has 0 bridgehead atoms. The van der Waals surface area contributed by atoms with Crippen LogP contribution in [0.5, 0.6) is 0 Å². The minimum atomic E-state index is 0.522. The van der Waals surface area contributed by atoms with Crippen LogP contribution in [0, 0.1) is 5.92 Å². The van der Waals surface area contributed by atoms with Gasteiger partial charge >= 0.3 is 0 Å². The normalized spacial score (nSPS) is 20.3. The van der Waals surface area contributed by atoms with Crippen LogP contribution in [-0.4, -0.2) is 11.0 Å². The maximum atomic E-state index is 5.02. The lowest BCUT2D eigenvalue weighted by Gasteiger charge is -2.31. The molecule has 1 aliphatic heterocycles. The number of aromatic nitrogens is 1. The summed E-state index contributed by atoms with van der Waals surface area (Å²) in [5.74, 6) is 1.23. The van der Waals surface area contributed by atoms with Gasteiger partial charge in [0.2, 0.25) is 0 Å². The van der Waals surface area contributed by atoms with E-state index < -0.39 is 0 Å². The van der Waals surface area contributed by atoms with Crippen molar-refractivity contribution >= 4 is 16.6 Å². The van der Waals surface area contributed by atoms with E-state index >= 15 is 0 Å². The third-order valence-corrected chi connectivity index (χ3v) is 5.47. The zero-order valence-electron chi connectivity index (χ0n) is 14.3. The second kappa shape index (κ2) is 6.28. The van der Waals surface area contributed by atoms with Gasteiger partial charge in [-0.15, -0.1) is 0 Å². The fourth-order valence-electron chi connectivity index (χ4n) is 3.38. The summed E-state index contributed by atoms with van der Waals surface area (Å²) in [4.78, 5) is 5.02. The molecule has 2 heteroatoms. The first kappa shape index (κ1) is 15.3. The van der Waals surface area contributed by atoms with Crippen molar-refractivity contribution < 1.29 is 0 Å². The fraction of sp³-hybridized carbons (Fsp3) is 0.550. The first-order valence-electron chi connectivity index (χ1n) is 8.83. The van der Waals surface area contributed by atoms with E-state index in [2.05, 4.69) is 57.3 Å². The van der Waals surface area contributed by atoms with Crippen LogP contribution in [0.25, 0.3) is 10.9 Å². The van der Waals surface area contributed by atoms with Crippen LogP contribution in [0.15, 0.2) is 24.3 Å². The molecule has 1 aromatic heterocycles. The maximum Gasteiger partial charge on any atom is 0.0939 e. The van der Waals surface area contributed by atoms with Crippen molar-refractivity contribution in [3.63, 3.8) is 0 Å². The van der Waals surface area contributed by atoms with Gasteiger partial charge in [-0.25, -0.2) is 0 Å². The fourth-order valence-corrected chi connectivity index (χ4v) is 3.38. The lowest BCUT2D eigenvalue weighted by atomic mass is 9.88. The summed E-state index contributed by atoms with van der Waals surface area (Å²) in [5.41, 5.74) is 5.11. The summed E-state index contributed by atoms with van der Waals surface area (Å²) in [7, 11) is 0. The Labute approximate surface area is 134 Å². The summed E-state index contributed by atoms with van der Waals surface area (Å²) in [6.45, 7) is 9.13. The topological polar surface area (TPSA) is 24.9 Å². The van der Waals surface area contributed by atoms with Crippen molar-refractivity contribution in [3.8, 4) is 0 Å². The quantitative estimate of drug-likeness (QED) is 0.803. The van der Waals surface area contributed by atoms with Crippen molar-refractivity contribution in [1.82, 2.24) is 4.98 Å². The average molecular weight is 296 g/mol. The van der Waals surface area contributed by atoms with Gasteiger partial charge in [0.25, 0.3) is 0 Å². The number of nitrogens with zero attached hydrogens (tertiary/aromatic N) is 1. The molecule has 0 saturated heterocycles. The molecular weight excluding hydrogens is 268 g/mol. The number of fused-ring (bicyclic) bond motifs is 3. The Morgan fingerprint density at radius 2 is 1.91 bits per heavy atom. The van der Waals surface area contributed by atoms with Crippen molar-refractivity contribution in [2.24, 2.45) is 5.92 Å². The van der Waals surface area contributed by atoms with Crippen molar-refractivity contribution in [2.75, 3.05) is 5.32 Å². The van der Waals surface area contributed by atoms with Gasteiger partial charge in [-0.2, -0.15) is 0 Å². The van der Waals surface area contributed by atoms with E-state index in [9.17, 15) is 0 Å². The van der Waals surface area contributed by atoms with E-state index in [1.807, 2.05) is 0 Å². The predicted octanol–water partition coefficient (Wildman–Crippen LogP) is 5.52. The molecule has 2 nitrogen and oxygen atoms in total. The van der Waals surface area contributed by atoms with Crippen LogP contribution in [0.2, 0.25) is 0 Å². The van der Waals surface area contributed by atoms with E-state index in [4.69, 9.17) is 4.98 Å². The van der Waals surface area contributed by atoms with E-state index in [0.29, 0.717) is 17.9 Å². The number of anilines is 1. The molecule has 22 heavy (non-hydrogen) atoms. The van der Waals surface area contributed by atoms with E-state index in [1.54, 1.807) is 0 Å². The monoisotopic (exact) mass is 296 g/mol. The highest BCUT2D eigenvalue weighted by Crippen LogP contribution is 2.34. The van der Waals surface area contributed by atoms with Crippen LogP contribution in [-0.2, 0) is 6.42 Å². The molecular formula is C20H28N2. The molecule has 1 aromatic carbocycles. The number of pyridine rings is 1. The highest BCUT2D eigenvalue weighted by molar-refractivity contribution is 5.93. The molecule has 3 rings (SSSR count). The van der Waals surface area contributed by atoms with Gasteiger partial charge in [0.05, 0.1) is 11.2 Å². The Bertz CT molecular complexity index is 662. The van der Waals surface area contributed by atoms with Gasteiger partial charge in [-0.1, -0.05) is 52.3 Å². The number of nitrogens with one attached hydrogen (secondary N) is 1. The lowest BCUT2D eigenvalue weighted by Crippen LogP contribution is -2.31. The summed E-state index contributed by atoms with van der Waals surface area (Å²) in [6.07, 6.45) is 4.76. The highest BCUT2D eigenvalue weighted by atomic mass is 15.0. The zero-order valence-corrected chi connectivity index (χ0v) is 14.3. The number of benzene rings is 1. The SMILES string of the molecule is CCC(C)c1ccc2ccc3c(c2n1)N[C@H](C(C)CC)CC3. The Morgan fingerprint density at radius 1 is 1.14 bits per heavy atom. The lowest BCUT2D eigenvalue weighted by molar-refractivity contribution is 0.437. The highest BCUT2D eigenvalue weighted by Gasteiger charge is 2.23. The molecule has 118 valence electrons. The number of hydrogen-bond donors (Lipinski definition) is 1. The first-order valence-corrected chi connectivity index (χ1v) is 8.83. The van der Waals surface area contributed by atoms with Gasteiger partial charge in [-0.05, 0) is 42.7 Å². The van der Waals surface area contributed by atoms with Crippen molar-refractivity contribution in [1.29, 1.82) is 0 Å². The molecule has 2 aromatic rings. The molecule has 0 saturated carbocycles. The smallest absolute Gasteiger partial charge is 0.0939 e. The molecule has 2 unspecified atom stereocenters. The van der Waals surface area contributed by atoms with Crippen molar-refractivity contribution in [2.45, 2.75) is 65.3 Å². The van der Waals surface area contributed by atoms with E-state index in [-0.39, 0.29) is 0 Å². The average Bonchev–Trinajstić information content (AvgIpc) is 2.59. The molecule has 1 aliphatic rings. The largest absolute Gasteiger partial charge is 0.380 e. The van der Waals surface area contributed by atoms with Gasteiger partial charge in [-0.3, -0.25) is 4.98 Å². The van der Waals surface area contributed by atoms with Crippen LogP contribution in [0.3, 0.4) is 0 Å². The Morgan fingerprint density at radius 3 is 2.64 bits per heavy atom. The van der Waals surface area contributed by atoms with Gasteiger partial charge in [0, 0.05) is 17.1 Å². The molecule has 3 atom stereocenters. The molecule has 0 fully saturated rings. The van der Waals surface area contributed by atoms with Crippen LogP contribution in [0.4, 0.5) is 5.69 Å². The predicted molar refractivity (Wildman–Crippen MR) is 95.6 cm³/mol. The zero-order chi connectivity index (χ0) is 15.7. The molecule has 0 aliphatic carbocycles.